The number of Topliss-reactive ketones (excluding diaryl/α,β-unsaturated/α-hetero) is 1. The topological polar surface area (TPSA) is 98.5 Å². The van der Waals surface area contributed by atoms with Gasteiger partial charge in [0.25, 0.3) is 5.91 Å². The van der Waals surface area contributed by atoms with E-state index in [1.165, 1.54) is 32.0 Å². The minimum Gasteiger partial charge on any atom is -0.480 e. The maximum Gasteiger partial charge on any atom is 0.318 e. The van der Waals surface area contributed by atoms with E-state index in [0.717, 1.165) is 0 Å². The number of rotatable bonds is 4. The van der Waals surface area contributed by atoms with Gasteiger partial charge in [0.1, 0.15) is 5.75 Å². The molecule has 1 atom stereocenters. The van der Waals surface area contributed by atoms with E-state index < -0.39 is 18.0 Å². The summed E-state index contributed by atoms with van der Waals surface area (Å²) in [7, 11) is 0. The fourth-order valence-electron chi connectivity index (χ4n) is 1.35. The average Bonchev–Trinajstić information content (AvgIpc) is 2.30. The van der Waals surface area contributed by atoms with E-state index in [0.29, 0.717) is 5.02 Å². The van der Waals surface area contributed by atoms with Gasteiger partial charge in [0.05, 0.1) is 5.56 Å². The molecule has 1 rings (SSSR count). The minimum atomic E-state index is -0.980. The lowest BCUT2D eigenvalue weighted by molar-refractivity contribution is -0.126. The predicted molar refractivity (Wildman–Crippen MR) is 69.3 cm³/mol. The molecule has 1 aromatic carbocycles. The van der Waals surface area contributed by atoms with Crippen molar-refractivity contribution in [2.45, 2.75) is 20.0 Å². The average molecular weight is 285 g/mol. The Morgan fingerprint density at radius 1 is 1.37 bits per heavy atom. The van der Waals surface area contributed by atoms with Crippen LogP contribution in [0.5, 0.6) is 5.75 Å². The minimum absolute atomic E-state index is 0.212. The maximum atomic E-state index is 11.5. The van der Waals surface area contributed by atoms with Crippen LogP contribution in [-0.2, 0) is 4.79 Å². The number of ether oxygens (including phenoxy) is 1. The lowest BCUT2D eigenvalue weighted by Gasteiger charge is -2.15. The predicted octanol–water partition coefficient (Wildman–Crippen LogP) is 1.50. The molecule has 0 spiro atoms. The Balaban J connectivity index is 2.90. The third kappa shape index (κ3) is 4.26. The van der Waals surface area contributed by atoms with Crippen molar-refractivity contribution in [1.29, 1.82) is 0 Å². The molecule has 0 bridgehead atoms. The van der Waals surface area contributed by atoms with Crippen LogP contribution in [0.3, 0.4) is 0 Å². The summed E-state index contributed by atoms with van der Waals surface area (Å²) in [5, 5.41) is 2.27. The first-order valence-corrected chi connectivity index (χ1v) is 5.76. The van der Waals surface area contributed by atoms with Crippen LogP contribution in [0.1, 0.15) is 24.2 Å². The number of carbonyl (C=O) groups is 3. The number of amides is 3. The van der Waals surface area contributed by atoms with E-state index in [1.54, 1.807) is 0 Å². The second kappa shape index (κ2) is 6.19. The number of carbonyl (C=O) groups excluding carboxylic acids is 3. The smallest absolute Gasteiger partial charge is 0.318 e. The summed E-state index contributed by atoms with van der Waals surface area (Å²) in [6, 6.07) is 3.48. The number of ketones is 1. The van der Waals surface area contributed by atoms with Gasteiger partial charge in [-0.25, -0.2) is 4.79 Å². The van der Waals surface area contributed by atoms with Crippen LogP contribution in [-0.4, -0.2) is 23.8 Å². The molecule has 102 valence electrons. The first kappa shape index (κ1) is 15.0. The second-order valence-electron chi connectivity index (χ2n) is 3.81. The quantitative estimate of drug-likeness (QED) is 0.819. The van der Waals surface area contributed by atoms with Crippen LogP contribution in [0, 0.1) is 0 Å². The Labute approximate surface area is 114 Å². The van der Waals surface area contributed by atoms with E-state index in [2.05, 4.69) is 0 Å². The highest BCUT2D eigenvalue weighted by atomic mass is 35.5. The van der Waals surface area contributed by atoms with Gasteiger partial charge < -0.3 is 10.5 Å². The Morgan fingerprint density at radius 3 is 2.53 bits per heavy atom. The number of halogens is 1. The summed E-state index contributed by atoms with van der Waals surface area (Å²) in [6.45, 7) is 2.78. The molecule has 1 aromatic rings. The fraction of sp³-hybridized carbons (Fsp3) is 0.250. The van der Waals surface area contributed by atoms with E-state index in [4.69, 9.17) is 22.1 Å². The SMILES string of the molecule is CC(=O)c1cc(Cl)ccc1OC(C)C(=O)NC(N)=O. The fourth-order valence-corrected chi connectivity index (χ4v) is 1.52. The molecule has 6 nitrogen and oxygen atoms in total. The van der Waals surface area contributed by atoms with Crippen LogP contribution in [0.2, 0.25) is 5.02 Å². The van der Waals surface area contributed by atoms with Gasteiger partial charge in [0.15, 0.2) is 11.9 Å². The van der Waals surface area contributed by atoms with Gasteiger partial charge in [0.2, 0.25) is 0 Å². The number of hydrogen-bond donors (Lipinski definition) is 2. The van der Waals surface area contributed by atoms with Crippen LogP contribution < -0.4 is 15.8 Å². The van der Waals surface area contributed by atoms with Crippen molar-refractivity contribution >= 4 is 29.3 Å². The molecule has 3 N–H and O–H groups in total. The van der Waals surface area contributed by atoms with Crippen molar-refractivity contribution in [3.63, 3.8) is 0 Å². The summed E-state index contributed by atoms with van der Waals surface area (Å²) in [5.74, 6) is -0.735. The number of urea groups is 1. The maximum absolute atomic E-state index is 11.5. The third-order valence-corrected chi connectivity index (χ3v) is 2.48. The van der Waals surface area contributed by atoms with Crippen LogP contribution >= 0.6 is 11.6 Å². The Bertz CT molecular complexity index is 530. The van der Waals surface area contributed by atoms with Crippen molar-refractivity contribution in [3.05, 3.63) is 28.8 Å². The first-order valence-electron chi connectivity index (χ1n) is 5.38. The number of nitrogens with one attached hydrogen (secondary N) is 1. The van der Waals surface area contributed by atoms with Gasteiger partial charge in [-0.15, -0.1) is 0 Å². The summed E-state index contributed by atoms with van der Waals surface area (Å²) < 4.78 is 5.33. The molecule has 0 fully saturated rings. The summed E-state index contributed by atoms with van der Waals surface area (Å²) in [4.78, 5) is 33.4. The normalized spacial score (nSPS) is 11.5. The number of hydrogen-bond acceptors (Lipinski definition) is 4. The molecular weight excluding hydrogens is 272 g/mol. The Morgan fingerprint density at radius 2 is 2.00 bits per heavy atom. The summed E-state index contributed by atoms with van der Waals surface area (Å²) >= 11 is 5.78. The van der Waals surface area contributed by atoms with Gasteiger partial charge in [-0.1, -0.05) is 11.6 Å². The number of imide groups is 1. The van der Waals surface area contributed by atoms with Gasteiger partial charge in [-0.05, 0) is 32.0 Å². The third-order valence-electron chi connectivity index (χ3n) is 2.24. The highest BCUT2D eigenvalue weighted by Crippen LogP contribution is 2.24. The van der Waals surface area contributed by atoms with Crippen LogP contribution in [0.15, 0.2) is 18.2 Å². The van der Waals surface area contributed by atoms with Crippen molar-refractivity contribution in [1.82, 2.24) is 5.32 Å². The second-order valence-corrected chi connectivity index (χ2v) is 4.25. The first-order chi connectivity index (χ1) is 8.81. The van der Waals surface area contributed by atoms with Crippen LogP contribution in [0.4, 0.5) is 4.79 Å². The molecular formula is C12H13ClN2O4. The molecule has 0 saturated heterocycles. The largest absolute Gasteiger partial charge is 0.480 e. The molecule has 0 aliphatic heterocycles. The van der Waals surface area contributed by atoms with E-state index >= 15 is 0 Å². The standard InChI is InChI=1S/C12H13ClN2O4/c1-6(16)9-5-8(13)3-4-10(9)19-7(2)11(17)15-12(14)18/h3-5,7H,1-2H3,(H3,14,15,17,18). The molecule has 19 heavy (non-hydrogen) atoms. The molecule has 0 aromatic heterocycles. The highest BCUT2D eigenvalue weighted by Gasteiger charge is 2.19. The van der Waals surface area contributed by atoms with Gasteiger partial charge >= 0.3 is 6.03 Å². The lowest BCUT2D eigenvalue weighted by atomic mass is 10.1. The zero-order chi connectivity index (χ0) is 14.6. The van der Waals surface area contributed by atoms with Gasteiger partial charge in [0, 0.05) is 5.02 Å². The molecule has 0 aliphatic carbocycles. The number of benzene rings is 1. The number of primary amides is 1. The molecule has 1 unspecified atom stereocenters. The van der Waals surface area contributed by atoms with Crippen molar-refractivity contribution in [3.8, 4) is 5.75 Å². The zero-order valence-electron chi connectivity index (χ0n) is 10.4. The van der Waals surface area contributed by atoms with E-state index in [9.17, 15) is 14.4 Å². The summed E-state index contributed by atoms with van der Waals surface area (Å²) in [5.41, 5.74) is 5.08. The van der Waals surface area contributed by atoms with Crippen LogP contribution in [0.25, 0.3) is 0 Å². The van der Waals surface area contributed by atoms with Crippen molar-refractivity contribution in [2.75, 3.05) is 0 Å². The monoisotopic (exact) mass is 284 g/mol. The van der Waals surface area contributed by atoms with Gasteiger partial charge in [-0.2, -0.15) is 0 Å². The molecule has 0 saturated carbocycles. The molecule has 7 heteroatoms. The van der Waals surface area contributed by atoms with Crippen molar-refractivity contribution < 1.29 is 19.1 Å². The molecule has 0 radical (unpaired) electrons. The van der Waals surface area contributed by atoms with E-state index in [1.807, 2.05) is 5.32 Å². The molecule has 0 heterocycles. The Hall–Kier alpha value is -2.08. The lowest BCUT2D eigenvalue weighted by Crippen LogP contribution is -2.42. The van der Waals surface area contributed by atoms with E-state index in [-0.39, 0.29) is 17.1 Å². The van der Waals surface area contributed by atoms with Gasteiger partial charge in [-0.3, -0.25) is 14.9 Å². The molecule has 3 amide bonds. The van der Waals surface area contributed by atoms with Crippen molar-refractivity contribution in [2.24, 2.45) is 5.73 Å². The number of nitrogens with two attached hydrogens (primary N) is 1. The highest BCUT2D eigenvalue weighted by molar-refractivity contribution is 6.31. The molecule has 0 aliphatic rings. The zero-order valence-corrected chi connectivity index (χ0v) is 11.2. The summed E-state index contributed by atoms with van der Waals surface area (Å²) in [6.07, 6.45) is -0.980. The Kier molecular flexibility index (Phi) is 4.88.